The first kappa shape index (κ1) is 14.9. The van der Waals surface area contributed by atoms with Crippen molar-refractivity contribution in [1.29, 1.82) is 0 Å². The van der Waals surface area contributed by atoms with Gasteiger partial charge in [0.1, 0.15) is 0 Å². The van der Waals surface area contributed by atoms with Gasteiger partial charge in [-0.15, -0.1) is 0 Å². The van der Waals surface area contributed by atoms with E-state index in [1.807, 2.05) is 11.6 Å². The molecule has 0 saturated heterocycles. The summed E-state index contributed by atoms with van der Waals surface area (Å²) >= 11 is 6.34. The summed E-state index contributed by atoms with van der Waals surface area (Å²) in [6.07, 6.45) is 0. The molecular weight excluding hydrogens is 270 g/mol. The van der Waals surface area contributed by atoms with Gasteiger partial charge in [-0.1, -0.05) is 43.6 Å². The van der Waals surface area contributed by atoms with Crippen LogP contribution in [0.4, 0.5) is 5.69 Å². The average molecular weight is 292 g/mol. The number of para-hydroxylation sites is 1. The van der Waals surface area contributed by atoms with E-state index < -0.39 is 0 Å². The fraction of sp³-hybridized carbons (Fsp3) is 0.438. The maximum atomic E-state index is 6.34. The summed E-state index contributed by atoms with van der Waals surface area (Å²) in [5.41, 5.74) is 4.43. The van der Waals surface area contributed by atoms with Crippen molar-refractivity contribution in [2.24, 2.45) is 0 Å². The summed E-state index contributed by atoms with van der Waals surface area (Å²) in [4.78, 5) is 0. The fourth-order valence-electron chi connectivity index (χ4n) is 2.38. The summed E-state index contributed by atoms with van der Waals surface area (Å²) in [6, 6.07) is 8.41. The number of aryl methyl sites for hydroxylation is 2. The predicted molar refractivity (Wildman–Crippen MR) is 85.5 cm³/mol. The lowest BCUT2D eigenvalue weighted by atomic mass is 10.0. The molecule has 0 aliphatic heterocycles. The quantitative estimate of drug-likeness (QED) is 0.872. The van der Waals surface area contributed by atoms with Crippen molar-refractivity contribution < 1.29 is 0 Å². The molecule has 0 radical (unpaired) electrons. The van der Waals surface area contributed by atoms with E-state index >= 15 is 0 Å². The lowest BCUT2D eigenvalue weighted by Crippen LogP contribution is -2.09. The molecule has 4 heteroatoms. The van der Waals surface area contributed by atoms with Crippen LogP contribution in [0.3, 0.4) is 0 Å². The van der Waals surface area contributed by atoms with Crippen LogP contribution in [-0.2, 0) is 13.1 Å². The second-order valence-corrected chi connectivity index (χ2v) is 5.64. The minimum Gasteiger partial charge on any atom is -0.379 e. The maximum absolute atomic E-state index is 6.34. The third-order valence-electron chi connectivity index (χ3n) is 3.48. The summed E-state index contributed by atoms with van der Waals surface area (Å²) in [5, 5.41) is 8.70. The molecule has 108 valence electrons. The number of anilines is 1. The zero-order valence-electron chi connectivity index (χ0n) is 12.6. The van der Waals surface area contributed by atoms with Gasteiger partial charge in [-0.3, -0.25) is 4.68 Å². The third-order valence-corrected chi connectivity index (χ3v) is 3.97. The van der Waals surface area contributed by atoms with Gasteiger partial charge in [0.15, 0.2) is 0 Å². The summed E-state index contributed by atoms with van der Waals surface area (Å²) in [5.74, 6) is 0.493. The monoisotopic (exact) mass is 291 g/mol. The van der Waals surface area contributed by atoms with E-state index in [-0.39, 0.29) is 0 Å². The Balaban J connectivity index is 2.21. The van der Waals surface area contributed by atoms with Gasteiger partial charge in [0, 0.05) is 12.2 Å². The number of nitrogens with one attached hydrogen (secondary N) is 1. The van der Waals surface area contributed by atoms with E-state index in [1.54, 1.807) is 0 Å². The Morgan fingerprint density at radius 2 is 2.00 bits per heavy atom. The molecule has 0 bridgehead atoms. The lowest BCUT2D eigenvalue weighted by molar-refractivity contribution is 0.622. The standard InChI is InChI=1S/C16H22ClN3/c1-5-20-15(16(17)12(4)19-20)10-18-14-9-7-6-8-13(14)11(2)3/h6-9,11,18H,5,10H2,1-4H3. The van der Waals surface area contributed by atoms with Crippen LogP contribution < -0.4 is 5.32 Å². The smallest absolute Gasteiger partial charge is 0.0865 e. The van der Waals surface area contributed by atoms with Crippen molar-refractivity contribution in [3.63, 3.8) is 0 Å². The topological polar surface area (TPSA) is 29.9 Å². The molecule has 0 atom stereocenters. The van der Waals surface area contributed by atoms with Gasteiger partial charge in [0.2, 0.25) is 0 Å². The summed E-state index contributed by atoms with van der Waals surface area (Å²) < 4.78 is 1.96. The molecule has 1 heterocycles. The summed E-state index contributed by atoms with van der Waals surface area (Å²) in [6.45, 7) is 9.95. The second-order valence-electron chi connectivity index (χ2n) is 5.26. The molecule has 1 N–H and O–H groups in total. The van der Waals surface area contributed by atoms with Gasteiger partial charge in [0.05, 0.1) is 23.0 Å². The van der Waals surface area contributed by atoms with Crippen LogP contribution in [0.1, 0.15) is 43.6 Å². The van der Waals surface area contributed by atoms with Crippen molar-refractivity contribution in [3.8, 4) is 0 Å². The van der Waals surface area contributed by atoms with E-state index in [4.69, 9.17) is 11.6 Å². The van der Waals surface area contributed by atoms with Crippen LogP contribution >= 0.6 is 11.6 Å². The minimum atomic E-state index is 0.493. The highest BCUT2D eigenvalue weighted by Gasteiger charge is 2.13. The fourth-order valence-corrected chi connectivity index (χ4v) is 2.58. The van der Waals surface area contributed by atoms with Crippen LogP contribution in [-0.4, -0.2) is 9.78 Å². The molecule has 0 amide bonds. The summed E-state index contributed by atoms with van der Waals surface area (Å²) in [7, 11) is 0. The molecule has 1 aromatic carbocycles. The molecule has 20 heavy (non-hydrogen) atoms. The van der Waals surface area contributed by atoms with Crippen LogP contribution in [0.5, 0.6) is 0 Å². The highest BCUT2D eigenvalue weighted by Crippen LogP contribution is 2.26. The Morgan fingerprint density at radius 1 is 1.30 bits per heavy atom. The highest BCUT2D eigenvalue weighted by molar-refractivity contribution is 6.31. The Labute approximate surface area is 126 Å². The molecule has 3 nitrogen and oxygen atoms in total. The predicted octanol–water partition coefficient (Wildman–Crippen LogP) is 4.60. The number of benzene rings is 1. The second kappa shape index (κ2) is 6.31. The molecule has 0 spiro atoms. The van der Waals surface area contributed by atoms with Crippen LogP contribution in [0.25, 0.3) is 0 Å². The van der Waals surface area contributed by atoms with E-state index in [0.717, 1.165) is 23.0 Å². The Morgan fingerprint density at radius 3 is 2.65 bits per heavy atom. The van der Waals surface area contributed by atoms with Gasteiger partial charge in [-0.05, 0) is 31.4 Å². The number of hydrogen-bond donors (Lipinski definition) is 1. The molecule has 0 aliphatic carbocycles. The van der Waals surface area contributed by atoms with Crippen molar-refractivity contribution in [2.45, 2.75) is 46.7 Å². The van der Waals surface area contributed by atoms with Crippen LogP contribution in [0.15, 0.2) is 24.3 Å². The van der Waals surface area contributed by atoms with Crippen LogP contribution in [0.2, 0.25) is 5.02 Å². The first-order valence-corrected chi connectivity index (χ1v) is 7.47. The van der Waals surface area contributed by atoms with Crippen molar-refractivity contribution >= 4 is 17.3 Å². The first-order valence-electron chi connectivity index (χ1n) is 7.09. The third kappa shape index (κ3) is 2.98. The Bertz CT molecular complexity index is 587. The van der Waals surface area contributed by atoms with Gasteiger partial charge in [-0.25, -0.2) is 0 Å². The minimum absolute atomic E-state index is 0.493. The number of halogens is 1. The lowest BCUT2D eigenvalue weighted by Gasteiger charge is -2.15. The number of rotatable bonds is 5. The van der Waals surface area contributed by atoms with Gasteiger partial charge in [0.25, 0.3) is 0 Å². The van der Waals surface area contributed by atoms with E-state index in [9.17, 15) is 0 Å². The van der Waals surface area contributed by atoms with Crippen molar-refractivity contribution in [3.05, 3.63) is 46.2 Å². The number of hydrogen-bond acceptors (Lipinski definition) is 2. The van der Waals surface area contributed by atoms with E-state index in [2.05, 4.69) is 55.5 Å². The van der Waals surface area contributed by atoms with Crippen LogP contribution in [0, 0.1) is 6.92 Å². The Hall–Kier alpha value is -1.48. The molecule has 2 aromatic rings. The largest absolute Gasteiger partial charge is 0.379 e. The molecule has 2 rings (SSSR count). The van der Waals surface area contributed by atoms with E-state index in [1.165, 1.54) is 11.3 Å². The zero-order valence-corrected chi connectivity index (χ0v) is 13.3. The normalized spacial score (nSPS) is 11.1. The van der Waals surface area contributed by atoms with Crippen molar-refractivity contribution in [2.75, 3.05) is 5.32 Å². The van der Waals surface area contributed by atoms with Crippen molar-refractivity contribution in [1.82, 2.24) is 9.78 Å². The average Bonchev–Trinajstić information content (AvgIpc) is 2.72. The number of aromatic nitrogens is 2. The molecule has 0 unspecified atom stereocenters. The first-order chi connectivity index (χ1) is 9.54. The van der Waals surface area contributed by atoms with E-state index in [0.29, 0.717) is 12.5 Å². The molecule has 0 saturated carbocycles. The molecule has 0 fully saturated rings. The molecular formula is C16H22ClN3. The van der Waals surface area contributed by atoms with Gasteiger partial charge in [-0.2, -0.15) is 5.10 Å². The maximum Gasteiger partial charge on any atom is 0.0865 e. The highest BCUT2D eigenvalue weighted by atomic mass is 35.5. The Kier molecular flexibility index (Phi) is 4.71. The SMILES string of the molecule is CCn1nc(C)c(Cl)c1CNc1ccccc1C(C)C. The zero-order chi connectivity index (χ0) is 14.7. The van der Waals surface area contributed by atoms with Gasteiger partial charge < -0.3 is 5.32 Å². The van der Waals surface area contributed by atoms with Gasteiger partial charge >= 0.3 is 0 Å². The number of nitrogens with zero attached hydrogens (tertiary/aromatic N) is 2. The molecule has 1 aromatic heterocycles. The molecule has 0 aliphatic rings.